The summed E-state index contributed by atoms with van der Waals surface area (Å²) in [7, 11) is -1.06. The number of carbonyl (C=O) groups is 1. The normalized spacial score (nSPS) is 21.0. The molecule has 1 aromatic rings. The quantitative estimate of drug-likeness (QED) is 0.684. The molecule has 5 heteroatoms. The van der Waals surface area contributed by atoms with E-state index in [1.54, 1.807) is 6.08 Å². The Kier molecular flexibility index (Phi) is 4.52. The van der Waals surface area contributed by atoms with Crippen LogP contribution < -0.4 is 5.30 Å². The van der Waals surface area contributed by atoms with Crippen molar-refractivity contribution in [2.75, 3.05) is 0 Å². The summed E-state index contributed by atoms with van der Waals surface area (Å²) < 4.78 is 12.1. The molecule has 4 nitrogen and oxygen atoms in total. The maximum Gasteiger partial charge on any atom is 0.327 e. The van der Waals surface area contributed by atoms with Gasteiger partial charge in [-0.3, -0.25) is 0 Å². The fourth-order valence-electron chi connectivity index (χ4n) is 1.81. The molecule has 114 valence electrons. The molecule has 1 aliphatic heterocycles. The van der Waals surface area contributed by atoms with E-state index in [-0.39, 0.29) is 11.2 Å². The van der Waals surface area contributed by atoms with E-state index in [0.29, 0.717) is 6.42 Å². The van der Waals surface area contributed by atoms with Gasteiger partial charge in [0.05, 0.1) is 11.2 Å². The van der Waals surface area contributed by atoms with E-state index in [2.05, 4.69) is 0 Å². The summed E-state index contributed by atoms with van der Waals surface area (Å²) >= 11 is 0. The number of rotatable bonds is 4. The molecule has 0 aliphatic carbocycles. The molecule has 0 saturated carbocycles. The van der Waals surface area contributed by atoms with Crippen molar-refractivity contribution >= 4 is 19.6 Å². The van der Waals surface area contributed by atoms with Gasteiger partial charge in [-0.05, 0) is 51.8 Å². The Bertz CT molecular complexity index is 530. The van der Waals surface area contributed by atoms with Crippen LogP contribution in [0.1, 0.15) is 33.3 Å². The highest BCUT2D eigenvalue weighted by atomic mass is 31.2. The van der Waals surface area contributed by atoms with Crippen LogP contribution in [0.4, 0.5) is 0 Å². The fourth-order valence-corrected chi connectivity index (χ4v) is 3.72. The van der Waals surface area contributed by atoms with E-state index >= 15 is 0 Å². The van der Waals surface area contributed by atoms with Gasteiger partial charge in [0, 0.05) is 11.4 Å². The van der Waals surface area contributed by atoms with Crippen molar-refractivity contribution in [2.24, 2.45) is 0 Å². The average Bonchev–Trinajstić information content (AvgIpc) is 2.59. The molecular weight excluding hydrogens is 287 g/mol. The first kappa shape index (κ1) is 16.2. The van der Waals surface area contributed by atoms with Gasteiger partial charge in [0.25, 0.3) is 0 Å². The third kappa shape index (κ3) is 3.70. The average molecular weight is 308 g/mol. The van der Waals surface area contributed by atoms with Crippen LogP contribution in [0, 0.1) is 0 Å². The molecule has 1 aromatic carbocycles. The first-order valence-corrected chi connectivity index (χ1v) is 8.06. The van der Waals surface area contributed by atoms with Crippen molar-refractivity contribution in [2.45, 2.75) is 45.3 Å². The predicted octanol–water partition coefficient (Wildman–Crippen LogP) is 3.41. The second-order valence-electron chi connectivity index (χ2n) is 6.07. The Labute approximate surface area is 126 Å². The second-order valence-corrected chi connectivity index (χ2v) is 7.47. The molecule has 2 rings (SSSR count). The summed E-state index contributed by atoms with van der Waals surface area (Å²) in [5.41, 5.74) is 0.424. The molecule has 0 spiro atoms. The number of carboxylic acid groups (broad SMARTS) is 1. The highest BCUT2D eigenvalue weighted by Crippen LogP contribution is 2.56. The second kappa shape index (κ2) is 5.88. The molecule has 21 heavy (non-hydrogen) atoms. The van der Waals surface area contributed by atoms with Gasteiger partial charge in [-0.25, -0.2) is 4.79 Å². The number of hydrogen-bond donors (Lipinski definition) is 1. The minimum absolute atomic E-state index is 0.318. The van der Waals surface area contributed by atoms with Gasteiger partial charge in [0.2, 0.25) is 8.38 Å². The third-order valence-corrected chi connectivity index (χ3v) is 5.80. The van der Waals surface area contributed by atoms with Crippen LogP contribution in [0.25, 0.3) is 0 Å². The first-order valence-electron chi connectivity index (χ1n) is 6.88. The molecule has 1 N–H and O–H groups in total. The maximum atomic E-state index is 10.4. The third-order valence-electron chi connectivity index (χ3n) is 3.83. The Hall–Kier alpha value is -1.22. The lowest BCUT2D eigenvalue weighted by molar-refractivity contribution is -0.131. The van der Waals surface area contributed by atoms with E-state index in [0.717, 1.165) is 16.9 Å². The van der Waals surface area contributed by atoms with Gasteiger partial charge in [-0.15, -0.1) is 0 Å². The van der Waals surface area contributed by atoms with Crippen molar-refractivity contribution in [1.82, 2.24) is 0 Å². The minimum atomic E-state index is -1.06. The lowest BCUT2D eigenvalue weighted by atomic mass is 9.90. The van der Waals surface area contributed by atoms with E-state index in [1.165, 1.54) is 0 Å². The summed E-state index contributed by atoms with van der Waals surface area (Å²) in [6, 6.07) is 7.95. The van der Waals surface area contributed by atoms with Crippen LogP contribution in [0.5, 0.6) is 0 Å². The summed E-state index contributed by atoms with van der Waals surface area (Å²) in [4.78, 5) is 10.4. The van der Waals surface area contributed by atoms with E-state index < -0.39 is 14.3 Å². The molecule has 1 heterocycles. The summed E-state index contributed by atoms with van der Waals surface area (Å²) in [5.74, 6) is -0.924. The minimum Gasteiger partial charge on any atom is -0.478 e. The zero-order chi connectivity index (χ0) is 15.7. The van der Waals surface area contributed by atoms with E-state index in [1.807, 2.05) is 52.0 Å². The lowest BCUT2D eigenvalue weighted by Crippen LogP contribution is -2.41. The predicted molar refractivity (Wildman–Crippen MR) is 83.8 cm³/mol. The molecule has 1 aliphatic rings. The largest absolute Gasteiger partial charge is 0.478 e. The highest BCUT2D eigenvalue weighted by Gasteiger charge is 2.50. The summed E-state index contributed by atoms with van der Waals surface area (Å²) in [6.45, 7) is 8.17. The Balaban J connectivity index is 2.05. The van der Waals surface area contributed by atoms with Crippen LogP contribution in [0.2, 0.25) is 0 Å². The van der Waals surface area contributed by atoms with Crippen LogP contribution in [0.15, 0.2) is 36.4 Å². The summed E-state index contributed by atoms with van der Waals surface area (Å²) in [5, 5.41) is 9.60. The van der Waals surface area contributed by atoms with Crippen molar-refractivity contribution in [1.29, 1.82) is 0 Å². The SMILES string of the molecule is CC1(C)OP(c2ccc(C/C=C/C(=O)O)cc2)OC1(C)C. The number of aliphatic carboxylic acids is 1. The van der Waals surface area contributed by atoms with Gasteiger partial charge in [0.1, 0.15) is 0 Å². The van der Waals surface area contributed by atoms with Gasteiger partial charge < -0.3 is 14.2 Å². The van der Waals surface area contributed by atoms with Crippen LogP contribution in [0.3, 0.4) is 0 Å². The van der Waals surface area contributed by atoms with Crippen molar-refractivity contribution < 1.29 is 18.9 Å². The molecular formula is C16H21O4P. The monoisotopic (exact) mass is 308 g/mol. The van der Waals surface area contributed by atoms with Crippen LogP contribution in [-0.4, -0.2) is 22.3 Å². The number of carboxylic acids is 1. The van der Waals surface area contributed by atoms with Gasteiger partial charge in [-0.1, -0.05) is 18.2 Å². The van der Waals surface area contributed by atoms with Crippen molar-refractivity contribution in [3.05, 3.63) is 42.0 Å². The highest BCUT2D eigenvalue weighted by molar-refractivity contribution is 7.56. The fraction of sp³-hybridized carbons (Fsp3) is 0.438. The van der Waals surface area contributed by atoms with Crippen molar-refractivity contribution in [3.8, 4) is 0 Å². The molecule has 0 amide bonds. The van der Waals surface area contributed by atoms with E-state index in [4.69, 9.17) is 14.2 Å². The van der Waals surface area contributed by atoms with E-state index in [9.17, 15) is 4.79 Å². The first-order chi connectivity index (χ1) is 9.71. The molecule has 0 radical (unpaired) electrons. The molecule has 0 bridgehead atoms. The smallest absolute Gasteiger partial charge is 0.327 e. The lowest BCUT2D eigenvalue weighted by Gasteiger charge is -2.29. The summed E-state index contributed by atoms with van der Waals surface area (Å²) in [6.07, 6.45) is 3.40. The zero-order valence-corrected chi connectivity index (χ0v) is 13.7. The van der Waals surface area contributed by atoms with Gasteiger partial charge >= 0.3 is 5.97 Å². The molecule has 1 saturated heterocycles. The molecule has 0 atom stereocenters. The topological polar surface area (TPSA) is 55.8 Å². The van der Waals surface area contributed by atoms with Crippen LogP contribution >= 0.6 is 8.38 Å². The molecule has 0 unspecified atom stereocenters. The van der Waals surface area contributed by atoms with Crippen LogP contribution in [-0.2, 0) is 20.3 Å². The molecule has 0 aromatic heterocycles. The van der Waals surface area contributed by atoms with Gasteiger partial charge in [0.15, 0.2) is 0 Å². The Morgan fingerprint density at radius 3 is 2.14 bits per heavy atom. The van der Waals surface area contributed by atoms with Crippen molar-refractivity contribution in [3.63, 3.8) is 0 Å². The molecule has 1 fully saturated rings. The number of allylic oxidation sites excluding steroid dienone is 1. The van der Waals surface area contributed by atoms with Gasteiger partial charge in [-0.2, -0.15) is 0 Å². The zero-order valence-electron chi connectivity index (χ0n) is 12.8. The Morgan fingerprint density at radius 1 is 1.14 bits per heavy atom. The number of hydrogen-bond acceptors (Lipinski definition) is 3. The maximum absolute atomic E-state index is 10.4. The number of benzene rings is 1. The Morgan fingerprint density at radius 2 is 1.67 bits per heavy atom. The standard InChI is InChI=1S/C16H21O4P/c1-15(2)16(3,4)20-21(19-15)13-10-8-12(9-11-13)6-5-7-14(17)18/h5,7-11H,6H2,1-4H3,(H,17,18)/b7-5+.